The lowest BCUT2D eigenvalue weighted by Gasteiger charge is -2.11. The van der Waals surface area contributed by atoms with Crippen LogP contribution in [0.4, 0.5) is 34.1 Å². The summed E-state index contributed by atoms with van der Waals surface area (Å²) in [6, 6.07) is 11.3. The highest BCUT2D eigenvalue weighted by atomic mass is 32.3. The van der Waals surface area contributed by atoms with Crippen LogP contribution in [0.3, 0.4) is 0 Å². The smallest absolute Gasteiger partial charge is 0.398 e. The zero-order valence-corrected chi connectivity index (χ0v) is 31.3. The molecule has 28 heteroatoms. The molecular weight excluding hydrogens is 841 g/mol. The first-order valence-electron chi connectivity index (χ1n) is 14.3. The van der Waals surface area contributed by atoms with Gasteiger partial charge < -0.3 is 16.6 Å². The lowest BCUT2D eigenvalue weighted by atomic mass is 10.1. The third kappa shape index (κ3) is 11.5. The molecule has 0 aliphatic heterocycles. The van der Waals surface area contributed by atoms with E-state index in [0.717, 1.165) is 36.4 Å². The lowest BCUT2D eigenvalue weighted by molar-refractivity contribution is 0.0698. The number of fused-ring (bicyclic) bond motifs is 1. The zero-order chi connectivity index (χ0) is 41.1. The van der Waals surface area contributed by atoms with Crippen molar-refractivity contribution in [1.82, 2.24) is 0 Å². The number of carboxylic acid groups (broad SMARTS) is 1. The molecule has 0 aliphatic carbocycles. The fourth-order valence-corrected chi connectivity index (χ4v) is 8.85. The molecule has 0 heterocycles. The minimum absolute atomic E-state index is 0.0168. The maximum atomic E-state index is 12.6. The van der Waals surface area contributed by atoms with Crippen molar-refractivity contribution in [3.8, 4) is 0 Å². The molecule has 4 rings (SSSR count). The molecule has 0 spiro atoms. The maximum absolute atomic E-state index is 12.6. The second kappa shape index (κ2) is 16.0. The van der Waals surface area contributed by atoms with Gasteiger partial charge in [0.2, 0.25) is 0 Å². The van der Waals surface area contributed by atoms with Crippen molar-refractivity contribution in [2.24, 2.45) is 20.5 Å². The molecule has 4 aromatic carbocycles. The van der Waals surface area contributed by atoms with Gasteiger partial charge in [-0.05, 0) is 41.3 Å². The van der Waals surface area contributed by atoms with Gasteiger partial charge in [0.25, 0.3) is 10.1 Å². The van der Waals surface area contributed by atoms with Gasteiger partial charge in [-0.15, -0.1) is 15.3 Å². The SMILES string of the molecule is Nc1cc(N)c(N=Nc2ccc3cc(CS(=O)(=O)COS(=O)(=O)O)ccc3c2S(=O)(=O)O)c(C(=O)O)c1N=Nc1cccc(S(=O)(=O)CCOS(=O)(=O)O)c1. The van der Waals surface area contributed by atoms with E-state index in [4.69, 9.17) is 20.6 Å². The largest absolute Gasteiger partial charge is 0.478 e. The zero-order valence-electron chi connectivity index (χ0n) is 27.2. The Morgan fingerprint density at radius 3 is 1.91 bits per heavy atom. The van der Waals surface area contributed by atoms with Crippen LogP contribution in [-0.4, -0.2) is 85.1 Å². The van der Waals surface area contributed by atoms with Gasteiger partial charge in [0, 0.05) is 5.39 Å². The fraction of sp³-hybridized carbons (Fsp3) is 0.148. The molecule has 0 bridgehead atoms. The molecule has 0 atom stereocenters. The first-order valence-corrected chi connectivity index (χ1v) is 22.0. The number of nitrogen functional groups attached to an aromatic ring is 2. The highest BCUT2D eigenvalue weighted by molar-refractivity contribution is 7.91. The number of nitrogens with two attached hydrogens (primary N) is 2. The fourth-order valence-electron chi connectivity index (χ4n) is 4.65. The predicted octanol–water partition coefficient (Wildman–Crippen LogP) is 3.06. The van der Waals surface area contributed by atoms with E-state index in [1.54, 1.807) is 0 Å². The quantitative estimate of drug-likeness (QED) is 0.0535. The average Bonchev–Trinajstić information content (AvgIpc) is 3.04. The second-order valence-corrected chi connectivity index (χ2v) is 18.6. The Labute approximate surface area is 311 Å². The maximum Gasteiger partial charge on any atom is 0.398 e. The second-order valence-electron chi connectivity index (χ2n) is 10.9. The van der Waals surface area contributed by atoms with Crippen LogP contribution in [0.25, 0.3) is 10.8 Å². The highest BCUT2D eigenvalue weighted by Crippen LogP contribution is 2.42. The van der Waals surface area contributed by atoms with Gasteiger partial charge in [0.1, 0.15) is 27.5 Å². The van der Waals surface area contributed by atoms with Gasteiger partial charge in [-0.1, -0.05) is 30.3 Å². The molecule has 0 amide bonds. The van der Waals surface area contributed by atoms with Crippen LogP contribution in [0.1, 0.15) is 15.9 Å². The summed E-state index contributed by atoms with van der Waals surface area (Å²) in [5.74, 6) is -4.80. The van der Waals surface area contributed by atoms with Gasteiger partial charge in [-0.3, -0.25) is 13.7 Å². The van der Waals surface area contributed by atoms with Crippen molar-refractivity contribution in [3.05, 3.63) is 71.8 Å². The van der Waals surface area contributed by atoms with Crippen LogP contribution in [-0.2, 0) is 64.7 Å². The number of hydrogen-bond acceptors (Lipinski definition) is 19. The molecule has 0 saturated carbocycles. The molecule has 55 heavy (non-hydrogen) atoms. The topological polar surface area (TPSA) is 389 Å². The van der Waals surface area contributed by atoms with Gasteiger partial charge in [-0.2, -0.15) is 30.4 Å². The molecule has 8 N–H and O–H groups in total. The number of aromatic carboxylic acids is 1. The summed E-state index contributed by atoms with van der Waals surface area (Å²) in [6.45, 7) is -0.910. The number of rotatable bonds is 16. The predicted molar refractivity (Wildman–Crippen MR) is 190 cm³/mol. The Kier molecular flexibility index (Phi) is 12.4. The number of benzene rings is 4. The molecule has 0 aromatic heterocycles. The van der Waals surface area contributed by atoms with E-state index < -0.39 is 114 Å². The van der Waals surface area contributed by atoms with Crippen molar-refractivity contribution in [2.45, 2.75) is 15.5 Å². The van der Waals surface area contributed by atoms with E-state index in [-0.39, 0.29) is 32.6 Å². The summed E-state index contributed by atoms with van der Waals surface area (Å²) < 4.78 is 153. The summed E-state index contributed by atoms with van der Waals surface area (Å²) in [7, 11) is -23.6. The Morgan fingerprint density at radius 1 is 0.709 bits per heavy atom. The molecule has 296 valence electrons. The molecule has 0 unspecified atom stereocenters. The van der Waals surface area contributed by atoms with Crippen LogP contribution in [0, 0.1) is 0 Å². The Bertz CT molecular complexity index is 2830. The third-order valence-electron chi connectivity index (χ3n) is 6.86. The summed E-state index contributed by atoms with van der Waals surface area (Å²) >= 11 is 0. The van der Waals surface area contributed by atoms with E-state index in [1.165, 1.54) is 24.3 Å². The number of azo groups is 2. The molecule has 0 aliphatic rings. The first-order chi connectivity index (χ1) is 25.3. The Morgan fingerprint density at radius 2 is 1.33 bits per heavy atom. The molecule has 23 nitrogen and oxygen atoms in total. The number of carboxylic acids is 1. The summed E-state index contributed by atoms with van der Waals surface area (Å²) in [6.07, 6.45) is 0. The van der Waals surface area contributed by atoms with Crippen LogP contribution >= 0.6 is 0 Å². The standard InChI is InChI=1S/C27H26N6O17S5/c28-20-12-21(29)25(23(27(34)35)24(20)32-30-17-2-1-3-18(11-17)52(38,39)9-8-49-54(43,44)45)33-31-22-7-5-16-10-15(4-6-19(16)26(22)53(40,41)42)13-51(36,37)14-50-55(46,47)48/h1-7,10-12H,8-9,13-14,28-29H2,(H,34,35)(H,40,41,42)(H,43,44,45)(H,46,47,48). The van der Waals surface area contributed by atoms with Crippen molar-refractivity contribution in [2.75, 3.05) is 29.8 Å². The van der Waals surface area contributed by atoms with Crippen molar-refractivity contribution in [3.63, 3.8) is 0 Å². The average molecular weight is 867 g/mol. The third-order valence-corrected chi connectivity index (χ3v) is 11.8. The molecule has 0 radical (unpaired) electrons. The number of sulfone groups is 2. The monoisotopic (exact) mass is 866 g/mol. The van der Waals surface area contributed by atoms with Gasteiger partial charge >= 0.3 is 26.8 Å². The van der Waals surface area contributed by atoms with E-state index in [9.17, 15) is 56.5 Å². The number of nitrogens with zero attached hydrogens (tertiary/aromatic N) is 4. The van der Waals surface area contributed by atoms with Crippen LogP contribution in [0.5, 0.6) is 0 Å². The van der Waals surface area contributed by atoms with Crippen LogP contribution < -0.4 is 11.5 Å². The van der Waals surface area contributed by atoms with Gasteiger partial charge in [0.05, 0.1) is 40.1 Å². The summed E-state index contributed by atoms with van der Waals surface area (Å²) in [4.78, 5) is 11.2. The number of hydrogen-bond donors (Lipinski definition) is 6. The summed E-state index contributed by atoms with van der Waals surface area (Å²) in [5.41, 5.74) is 8.57. The van der Waals surface area contributed by atoms with Gasteiger partial charge in [0.15, 0.2) is 25.6 Å². The minimum atomic E-state index is -5.13. The van der Waals surface area contributed by atoms with Crippen molar-refractivity contribution >= 4 is 101 Å². The lowest BCUT2D eigenvalue weighted by Crippen LogP contribution is -2.15. The number of carbonyl (C=O) groups is 1. The number of anilines is 2. The normalized spacial score (nSPS) is 13.2. The van der Waals surface area contributed by atoms with Gasteiger partial charge in [-0.25, -0.2) is 30.0 Å². The van der Waals surface area contributed by atoms with E-state index in [1.807, 2.05) is 0 Å². The van der Waals surface area contributed by atoms with E-state index in [0.29, 0.717) is 0 Å². The molecule has 0 saturated heterocycles. The van der Waals surface area contributed by atoms with E-state index in [2.05, 4.69) is 28.8 Å². The Balaban J connectivity index is 1.73. The Hall–Kier alpha value is -5.04. The van der Waals surface area contributed by atoms with Crippen LogP contribution in [0.15, 0.2) is 90.9 Å². The van der Waals surface area contributed by atoms with Crippen LogP contribution in [0.2, 0.25) is 0 Å². The van der Waals surface area contributed by atoms with Crippen molar-refractivity contribution < 1.29 is 74.0 Å². The highest BCUT2D eigenvalue weighted by Gasteiger charge is 2.25. The first kappa shape index (κ1) is 42.7. The molecule has 4 aromatic rings. The minimum Gasteiger partial charge on any atom is -0.478 e. The molecular formula is C27H26N6O17S5. The van der Waals surface area contributed by atoms with Crippen molar-refractivity contribution in [1.29, 1.82) is 0 Å². The molecule has 0 fully saturated rings. The summed E-state index contributed by atoms with van der Waals surface area (Å²) in [5, 5.41) is 25.2. The van der Waals surface area contributed by atoms with E-state index >= 15 is 0 Å².